The van der Waals surface area contributed by atoms with Crippen LogP contribution >= 0.6 is 0 Å². The van der Waals surface area contributed by atoms with Crippen molar-refractivity contribution in [1.82, 2.24) is 25.6 Å². The van der Waals surface area contributed by atoms with E-state index in [1.165, 1.54) is 6.07 Å². The van der Waals surface area contributed by atoms with E-state index >= 15 is 0 Å². The van der Waals surface area contributed by atoms with Gasteiger partial charge >= 0.3 is 0 Å². The van der Waals surface area contributed by atoms with Gasteiger partial charge in [0.25, 0.3) is 0 Å². The summed E-state index contributed by atoms with van der Waals surface area (Å²) in [5.41, 5.74) is 3.77. The smallest absolute Gasteiger partial charge is 0.235 e. The van der Waals surface area contributed by atoms with E-state index in [0.717, 1.165) is 35.1 Å². The lowest BCUT2D eigenvalue weighted by Crippen LogP contribution is -2.28. The minimum Gasteiger partial charge on any atom is -0.478 e. The molecule has 0 unspecified atom stereocenters. The molecule has 4 aromatic rings. The molecule has 0 aliphatic heterocycles. The molecule has 34 heavy (non-hydrogen) atoms. The number of carbonyl (C=O) groups is 1. The lowest BCUT2D eigenvalue weighted by Gasteiger charge is -2.18. The molecule has 1 saturated carbocycles. The Labute approximate surface area is 195 Å². The molecular formula is C25H23FN6O2. The zero-order valence-corrected chi connectivity index (χ0v) is 18.8. The van der Waals surface area contributed by atoms with Crippen molar-refractivity contribution in [2.75, 3.05) is 11.9 Å². The van der Waals surface area contributed by atoms with Crippen molar-refractivity contribution in [1.29, 1.82) is 0 Å². The summed E-state index contributed by atoms with van der Waals surface area (Å²) in [6.07, 6.45) is 3.17. The molecule has 2 aromatic carbocycles. The van der Waals surface area contributed by atoms with Gasteiger partial charge in [-0.2, -0.15) is 0 Å². The molecule has 0 atom stereocenters. The van der Waals surface area contributed by atoms with Gasteiger partial charge in [-0.15, -0.1) is 5.10 Å². The standard InChI is InChI=1S/C25H23FN6O2/c1-3-34-22-9-4-16(14-27-22)19-7-6-18(13-20(19)23-29-31-32-30-23)28-24(33)25(10-11-25)17-5-8-21(26)15(2)12-17/h4-9,12-14H,3,10-11H2,1-2H3,(H,28,33)(H,29,30,31,32). The zero-order chi connectivity index (χ0) is 23.7. The van der Waals surface area contributed by atoms with Crippen molar-refractivity contribution >= 4 is 11.6 Å². The zero-order valence-electron chi connectivity index (χ0n) is 18.8. The van der Waals surface area contributed by atoms with Gasteiger partial charge in [0.05, 0.1) is 12.0 Å². The molecule has 9 heteroatoms. The third-order valence-corrected chi connectivity index (χ3v) is 6.11. The fourth-order valence-electron chi connectivity index (χ4n) is 4.08. The predicted molar refractivity (Wildman–Crippen MR) is 125 cm³/mol. The van der Waals surface area contributed by atoms with Gasteiger partial charge < -0.3 is 10.1 Å². The van der Waals surface area contributed by atoms with Crippen LogP contribution in [0.3, 0.4) is 0 Å². The topological polar surface area (TPSA) is 106 Å². The molecule has 2 heterocycles. The summed E-state index contributed by atoms with van der Waals surface area (Å²) in [4.78, 5) is 17.6. The number of tetrazole rings is 1. The van der Waals surface area contributed by atoms with Crippen LogP contribution in [0.2, 0.25) is 0 Å². The summed E-state index contributed by atoms with van der Waals surface area (Å²) in [6, 6.07) is 14.2. The van der Waals surface area contributed by atoms with Crippen LogP contribution in [0.1, 0.15) is 30.9 Å². The second-order valence-corrected chi connectivity index (χ2v) is 8.33. The van der Waals surface area contributed by atoms with Gasteiger partial charge in [0.1, 0.15) is 5.82 Å². The van der Waals surface area contributed by atoms with E-state index in [1.807, 2.05) is 31.2 Å². The second kappa shape index (κ2) is 8.66. The van der Waals surface area contributed by atoms with Crippen LogP contribution in [0.15, 0.2) is 54.7 Å². The van der Waals surface area contributed by atoms with Gasteiger partial charge in [0.2, 0.25) is 11.8 Å². The van der Waals surface area contributed by atoms with E-state index in [9.17, 15) is 9.18 Å². The number of nitrogens with zero attached hydrogens (tertiary/aromatic N) is 4. The number of ether oxygens (including phenoxy) is 1. The number of hydrogen-bond donors (Lipinski definition) is 2. The Hall–Kier alpha value is -4.14. The number of H-pyrrole nitrogens is 1. The maximum Gasteiger partial charge on any atom is 0.235 e. The molecular weight excluding hydrogens is 435 g/mol. The number of anilines is 1. The first-order chi connectivity index (χ1) is 16.5. The van der Waals surface area contributed by atoms with Crippen molar-refractivity contribution in [2.45, 2.75) is 32.1 Å². The van der Waals surface area contributed by atoms with Gasteiger partial charge in [-0.25, -0.2) is 14.5 Å². The van der Waals surface area contributed by atoms with Crippen LogP contribution in [0.4, 0.5) is 10.1 Å². The van der Waals surface area contributed by atoms with Crippen molar-refractivity contribution in [3.63, 3.8) is 0 Å². The maximum absolute atomic E-state index is 13.7. The Bertz CT molecular complexity index is 1330. The Morgan fingerprint density at radius 3 is 2.65 bits per heavy atom. The van der Waals surface area contributed by atoms with Gasteiger partial charge in [-0.3, -0.25) is 4.79 Å². The quantitative estimate of drug-likeness (QED) is 0.424. The van der Waals surface area contributed by atoms with Crippen LogP contribution in [0.5, 0.6) is 5.88 Å². The number of nitrogens with one attached hydrogen (secondary N) is 2. The number of halogens is 1. The fourth-order valence-corrected chi connectivity index (χ4v) is 4.08. The van der Waals surface area contributed by atoms with Crippen molar-refractivity contribution in [3.8, 4) is 28.4 Å². The molecule has 8 nitrogen and oxygen atoms in total. The number of carbonyl (C=O) groups excluding carboxylic acids is 1. The second-order valence-electron chi connectivity index (χ2n) is 8.33. The predicted octanol–water partition coefficient (Wildman–Crippen LogP) is 4.45. The molecule has 0 radical (unpaired) electrons. The molecule has 0 bridgehead atoms. The highest BCUT2D eigenvalue weighted by atomic mass is 19.1. The average Bonchev–Trinajstić information content (AvgIpc) is 3.48. The fraction of sp³-hybridized carbons (Fsp3) is 0.240. The Balaban J connectivity index is 1.45. The average molecular weight is 458 g/mol. The van der Waals surface area contributed by atoms with Gasteiger partial charge in [-0.1, -0.05) is 18.2 Å². The van der Waals surface area contributed by atoms with E-state index in [0.29, 0.717) is 29.6 Å². The molecule has 172 valence electrons. The highest BCUT2D eigenvalue weighted by Gasteiger charge is 2.51. The third kappa shape index (κ3) is 4.00. The number of amides is 1. The largest absolute Gasteiger partial charge is 0.478 e. The Kier molecular flexibility index (Phi) is 5.53. The Morgan fingerprint density at radius 1 is 1.15 bits per heavy atom. The number of aromatic nitrogens is 5. The van der Waals surface area contributed by atoms with Crippen LogP contribution < -0.4 is 10.1 Å². The molecule has 0 saturated heterocycles. The van der Waals surface area contributed by atoms with E-state index in [1.54, 1.807) is 31.3 Å². The minimum absolute atomic E-state index is 0.115. The summed E-state index contributed by atoms with van der Waals surface area (Å²) in [5, 5.41) is 17.3. The number of aromatic amines is 1. The summed E-state index contributed by atoms with van der Waals surface area (Å²) >= 11 is 0. The SMILES string of the molecule is CCOc1ccc(-c2ccc(NC(=O)C3(c4ccc(F)c(C)c4)CC3)cc2-c2nnn[nH]2)cn1. The van der Waals surface area contributed by atoms with Crippen LogP contribution in [-0.4, -0.2) is 38.1 Å². The number of benzene rings is 2. The first-order valence-corrected chi connectivity index (χ1v) is 11.1. The molecule has 1 aliphatic carbocycles. The molecule has 2 aromatic heterocycles. The van der Waals surface area contributed by atoms with E-state index < -0.39 is 5.41 Å². The van der Waals surface area contributed by atoms with E-state index in [-0.39, 0.29) is 11.7 Å². The molecule has 1 fully saturated rings. The summed E-state index contributed by atoms with van der Waals surface area (Å²) in [5.74, 6) is 0.624. The third-order valence-electron chi connectivity index (χ3n) is 6.11. The van der Waals surface area contributed by atoms with Gasteiger partial charge in [-0.05, 0) is 78.1 Å². The van der Waals surface area contributed by atoms with Crippen molar-refractivity contribution in [2.24, 2.45) is 0 Å². The minimum atomic E-state index is -0.635. The van der Waals surface area contributed by atoms with Crippen molar-refractivity contribution in [3.05, 3.63) is 71.7 Å². The molecule has 1 aliphatic rings. The van der Waals surface area contributed by atoms with E-state index in [4.69, 9.17) is 4.74 Å². The normalized spacial score (nSPS) is 14.0. The Morgan fingerprint density at radius 2 is 2.00 bits per heavy atom. The van der Waals surface area contributed by atoms with Crippen molar-refractivity contribution < 1.29 is 13.9 Å². The molecule has 0 spiro atoms. The number of rotatable bonds is 7. The summed E-state index contributed by atoms with van der Waals surface area (Å²) in [6.45, 7) is 4.15. The lowest BCUT2D eigenvalue weighted by atomic mass is 9.93. The number of hydrogen-bond acceptors (Lipinski definition) is 6. The summed E-state index contributed by atoms with van der Waals surface area (Å²) in [7, 11) is 0. The summed E-state index contributed by atoms with van der Waals surface area (Å²) < 4.78 is 19.2. The lowest BCUT2D eigenvalue weighted by molar-refractivity contribution is -0.118. The van der Waals surface area contributed by atoms with Gasteiger partial charge in [0, 0.05) is 29.1 Å². The molecule has 5 rings (SSSR count). The monoisotopic (exact) mass is 458 g/mol. The van der Waals surface area contributed by atoms with Crippen LogP contribution in [-0.2, 0) is 10.2 Å². The maximum atomic E-state index is 13.7. The molecule has 1 amide bonds. The first-order valence-electron chi connectivity index (χ1n) is 11.1. The van der Waals surface area contributed by atoms with Gasteiger partial charge in [0.15, 0.2) is 5.82 Å². The number of pyridine rings is 1. The highest BCUT2D eigenvalue weighted by molar-refractivity contribution is 6.02. The molecule has 2 N–H and O–H groups in total. The highest BCUT2D eigenvalue weighted by Crippen LogP contribution is 2.49. The van der Waals surface area contributed by atoms with Crippen LogP contribution in [0, 0.1) is 12.7 Å². The van der Waals surface area contributed by atoms with E-state index in [2.05, 4.69) is 30.9 Å². The van der Waals surface area contributed by atoms with Crippen LogP contribution in [0.25, 0.3) is 22.5 Å². The first kappa shape index (κ1) is 21.7. The number of aryl methyl sites for hydroxylation is 1.